The summed E-state index contributed by atoms with van der Waals surface area (Å²) < 4.78 is 1.66. The summed E-state index contributed by atoms with van der Waals surface area (Å²) >= 11 is 0. The van der Waals surface area contributed by atoms with Crippen LogP contribution in [0, 0.1) is 0 Å². The maximum Gasteiger partial charge on any atom is 0.222 e. The number of anilines is 1. The molecule has 0 fully saturated rings. The lowest BCUT2D eigenvalue weighted by atomic mass is 10.3. The van der Waals surface area contributed by atoms with E-state index < -0.39 is 0 Å². The molecule has 0 bridgehead atoms. The molecule has 0 radical (unpaired) electrons. The van der Waals surface area contributed by atoms with Gasteiger partial charge in [0.25, 0.3) is 0 Å². The second-order valence-electron chi connectivity index (χ2n) is 2.88. The van der Waals surface area contributed by atoms with E-state index in [1.165, 1.54) is 0 Å². The number of hydrogen-bond acceptors (Lipinski definition) is 4. The van der Waals surface area contributed by atoms with Gasteiger partial charge in [-0.2, -0.15) is 10.1 Å². The molecule has 0 spiro atoms. The van der Waals surface area contributed by atoms with Crippen LogP contribution in [-0.4, -0.2) is 19.7 Å². The summed E-state index contributed by atoms with van der Waals surface area (Å²) in [6.07, 6.45) is 4.35. The number of nitrogens with two attached hydrogens (primary N) is 1. The molecule has 5 heteroatoms. The van der Waals surface area contributed by atoms with E-state index in [0.717, 1.165) is 12.1 Å². The number of rotatable bonds is 2. The first-order valence-corrected chi connectivity index (χ1v) is 4.43. The van der Waals surface area contributed by atoms with E-state index in [9.17, 15) is 0 Å². The number of nitrogen functional groups attached to an aromatic ring is 1. The van der Waals surface area contributed by atoms with E-state index in [1.807, 2.05) is 25.3 Å². The Morgan fingerprint density at radius 1 is 1.43 bits per heavy atom. The molecule has 2 rings (SSSR count). The number of aromatic nitrogens is 4. The molecule has 0 atom stereocenters. The highest BCUT2D eigenvalue weighted by molar-refractivity contribution is 5.31. The van der Waals surface area contributed by atoms with Gasteiger partial charge in [0.05, 0.1) is 0 Å². The van der Waals surface area contributed by atoms with Crippen LogP contribution in [0.3, 0.4) is 0 Å². The Bertz CT molecular complexity index is 421. The van der Waals surface area contributed by atoms with Crippen molar-refractivity contribution in [2.45, 2.75) is 13.3 Å². The van der Waals surface area contributed by atoms with E-state index in [4.69, 9.17) is 5.73 Å². The molecule has 0 aliphatic carbocycles. The molecule has 2 aromatic rings. The van der Waals surface area contributed by atoms with Crippen molar-refractivity contribution in [1.29, 1.82) is 0 Å². The van der Waals surface area contributed by atoms with Gasteiger partial charge in [-0.1, -0.05) is 6.92 Å². The molecule has 14 heavy (non-hydrogen) atoms. The monoisotopic (exact) mass is 189 g/mol. The number of hydrogen-bond donors (Lipinski definition) is 1. The Balaban J connectivity index is 2.48. The third-order valence-electron chi connectivity index (χ3n) is 1.88. The second-order valence-corrected chi connectivity index (χ2v) is 2.88. The summed E-state index contributed by atoms with van der Waals surface area (Å²) in [7, 11) is 0. The molecule has 0 unspecified atom stereocenters. The van der Waals surface area contributed by atoms with Gasteiger partial charge in [0.2, 0.25) is 5.95 Å². The smallest absolute Gasteiger partial charge is 0.222 e. The van der Waals surface area contributed by atoms with Crippen LogP contribution in [-0.2, 0) is 6.42 Å². The van der Waals surface area contributed by atoms with Gasteiger partial charge < -0.3 is 5.73 Å². The van der Waals surface area contributed by atoms with Crippen molar-refractivity contribution < 1.29 is 0 Å². The number of nitrogens with zero attached hydrogens (tertiary/aromatic N) is 4. The summed E-state index contributed by atoms with van der Waals surface area (Å²) in [5.41, 5.74) is 6.50. The van der Waals surface area contributed by atoms with Crippen LogP contribution in [0.1, 0.15) is 12.6 Å². The zero-order chi connectivity index (χ0) is 9.97. The lowest BCUT2D eigenvalue weighted by Crippen LogP contribution is -2.05. The van der Waals surface area contributed by atoms with Gasteiger partial charge in [0, 0.05) is 24.2 Å². The maximum absolute atomic E-state index is 5.58. The predicted octanol–water partition coefficient (Wildman–Crippen LogP) is 0.807. The predicted molar refractivity (Wildman–Crippen MR) is 52.9 cm³/mol. The van der Waals surface area contributed by atoms with E-state index in [0.29, 0.717) is 5.82 Å². The highest BCUT2D eigenvalue weighted by atomic mass is 15.3. The van der Waals surface area contributed by atoms with Crippen LogP contribution in [0.5, 0.6) is 0 Å². The van der Waals surface area contributed by atoms with Crippen LogP contribution in [0.2, 0.25) is 0 Å². The standard InChI is InChI=1S/C9H11N5/c1-2-7-6-8(13-9(10)12-7)14-5-3-4-11-14/h3-6H,2H2,1H3,(H2,10,12,13). The molecule has 72 valence electrons. The molecule has 2 aromatic heterocycles. The van der Waals surface area contributed by atoms with Crippen LogP contribution in [0.25, 0.3) is 5.82 Å². The fourth-order valence-electron chi connectivity index (χ4n) is 1.21. The Morgan fingerprint density at radius 2 is 2.29 bits per heavy atom. The average Bonchev–Trinajstić information content (AvgIpc) is 2.69. The van der Waals surface area contributed by atoms with Crippen molar-refractivity contribution in [3.8, 4) is 5.82 Å². The molecule has 2 heterocycles. The first kappa shape index (κ1) is 8.68. The fraction of sp³-hybridized carbons (Fsp3) is 0.222. The van der Waals surface area contributed by atoms with Gasteiger partial charge in [-0.05, 0) is 12.5 Å². The lowest BCUT2D eigenvalue weighted by Gasteiger charge is -2.03. The zero-order valence-corrected chi connectivity index (χ0v) is 7.88. The van der Waals surface area contributed by atoms with Crippen molar-refractivity contribution in [3.05, 3.63) is 30.2 Å². The Kier molecular flexibility index (Phi) is 2.14. The highest BCUT2D eigenvalue weighted by Crippen LogP contribution is 2.07. The fourth-order valence-corrected chi connectivity index (χ4v) is 1.21. The van der Waals surface area contributed by atoms with Gasteiger partial charge in [-0.15, -0.1) is 0 Å². The molecular formula is C9H11N5. The van der Waals surface area contributed by atoms with Crippen molar-refractivity contribution in [3.63, 3.8) is 0 Å². The van der Waals surface area contributed by atoms with E-state index >= 15 is 0 Å². The highest BCUT2D eigenvalue weighted by Gasteiger charge is 2.02. The van der Waals surface area contributed by atoms with Crippen LogP contribution in [0.4, 0.5) is 5.95 Å². The van der Waals surface area contributed by atoms with Crippen LogP contribution >= 0.6 is 0 Å². The average molecular weight is 189 g/mol. The van der Waals surface area contributed by atoms with E-state index in [-0.39, 0.29) is 5.95 Å². The third-order valence-corrected chi connectivity index (χ3v) is 1.88. The van der Waals surface area contributed by atoms with Gasteiger partial charge >= 0.3 is 0 Å². The van der Waals surface area contributed by atoms with Gasteiger partial charge in [0.1, 0.15) is 0 Å². The summed E-state index contributed by atoms with van der Waals surface area (Å²) in [6.45, 7) is 2.02. The van der Waals surface area contributed by atoms with Crippen molar-refractivity contribution in [1.82, 2.24) is 19.7 Å². The second kappa shape index (κ2) is 3.45. The minimum atomic E-state index is 0.287. The maximum atomic E-state index is 5.58. The van der Waals surface area contributed by atoms with E-state index in [1.54, 1.807) is 10.9 Å². The normalized spacial score (nSPS) is 10.4. The first-order valence-electron chi connectivity index (χ1n) is 4.43. The molecule has 0 aliphatic rings. The molecule has 5 nitrogen and oxygen atoms in total. The molecular weight excluding hydrogens is 178 g/mol. The summed E-state index contributed by atoms with van der Waals surface area (Å²) in [6, 6.07) is 3.72. The van der Waals surface area contributed by atoms with Crippen LogP contribution < -0.4 is 5.73 Å². The molecule has 0 saturated heterocycles. The quantitative estimate of drug-likeness (QED) is 0.758. The van der Waals surface area contributed by atoms with Crippen LogP contribution in [0.15, 0.2) is 24.5 Å². The Labute approximate surface area is 81.6 Å². The summed E-state index contributed by atoms with van der Waals surface area (Å²) in [4.78, 5) is 8.18. The molecule has 0 saturated carbocycles. The minimum Gasteiger partial charge on any atom is -0.368 e. The summed E-state index contributed by atoms with van der Waals surface area (Å²) in [5, 5.41) is 4.07. The molecule has 0 aromatic carbocycles. The Hall–Kier alpha value is -1.91. The topological polar surface area (TPSA) is 69.6 Å². The van der Waals surface area contributed by atoms with Crippen molar-refractivity contribution in [2.24, 2.45) is 0 Å². The largest absolute Gasteiger partial charge is 0.368 e. The lowest BCUT2D eigenvalue weighted by molar-refractivity contribution is 0.833. The first-order chi connectivity index (χ1) is 6.79. The minimum absolute atomic E-state index is 0.287. The van der Waals surface area contributed by atoms with Gasteiger partial charge in [0.15, 0.2) is 5.82 Å². The molecule has 2 N–H and O–H groups in total. The van der Waals surface area contributed by atoms with Gasteiger partial charge in [-0.3, -0.25) is 0 Å². The summed E-state index contributed by atoms with van der Waals surface area (Å²) in [5.74, 6) is 0.995. The SMILES string of the molecule is CCc1cc(-n2cccn2)nc(N)n1. The van der Waals surface area contributed by atoms with Crippen molar-refractivity contribution >= 4 is 5.95 Å². The number of aryl methyl sites for hydroxylation is 1. The van der Waals surface area contributed by atoms with Crippen molar-refractivity contribution in [2.75, 3.05) is 5.73 Å². The molecule has 0 amide bonds. The molecule has 0 aliphatic heterocycles. The third kappa shape index (κ3) is 1.56. The van der Waals surface area contributed by atoms with Gasteiger partial charge in [-0.25, -0.2) is 9.67 Å². The zero-order valence-electron chi connectivity index (χ0n) is 7.88. The Morgan fingerprint density at radius 3 is 2.93 bits per heavy atom. The van der Waals surface area contributed by atoms with E-state index in [2.05, 4.69) is 15.1 Å².